The maximum Gasteiger partial charge on any atom is 0.333 e. The standard InChI is InChI=1S/C17H17NO4/c1-12-8-9-14(22-12)10-11-15(19)18-16(17(20)21-2)13-6-4-3-5-7-13/h3-11,16H,1-2H3,(H,18,19)/b11-10+. The van der Waals surface area contributed by atoms with Gasteiger partial charge in [0.1, 0.15) is 11.5 Å². The van der Waals surface area contributed by atoms with Crippen molar-refractivity contribution in [3.8, 4) is 0 Å². The summed E-state index contributed by atoms with van der Waals surface area (Å²) in [6.45, 7) is 1.82. The molecule has 5 heteroatoms. The van der Waals surface area contributed by atoms with Gasteiger partial charge in [0.15, 0.2) is 6.04 Å². The van der Waals surface area contributed by atoms with E-state index in [4.69, 9.17) is 9.15 Å². The Labute approximate surface area is 128 Å². The van der Waals surface area contributed by atoms with Crippen molar-refractivity contribution in [3.05, 3.63) is 65.6 Å². The van der Waals surface area contributed by atoms with E-state index in [0.717, 1.165) is 5.76 Å². The van der Waals surface area contributed by atoms with Gasteiger partial charge >= 0.3 is 5.97 Å². The van der Waals surface area contributed by atoms with E-state index in [1.165, 1.54) is 13.2 Å². The summed E-state index contributed by atoms with van der Waals surface area (Å²) in [6, 6.07) is 11.6. The third-order valence-corrected chi connectivity index (χ3v) is 3.02. The Morgan fingerprint density at radius 2 is 1.91 bits per heavy atom. The summed E-state index contributed by atoms with van der Waals surface area (Å²) in [7, 11) is 1.28. The zero-order valence-corrected chi connectivity index (χ0v) is 12.4. The van der Waals surface area contributed by atoms with Gasteiger partial charge < -0.3 is 14.5 Å². The largest absolute Gasteiger partial charge is 0.467 e. The summed E-state index contributed by atoms with van der Waals surface area (Å²) >= 11 is 0. The molecule has 1 aromatic heterocycles. The number of carbonyl (C=O) groups is 2. The van der Waals surface area contributed by atoms with Gasteiger partial charge in [-0.05, 0) is 30.7 Å². The van der Waals surface area contributed by atoms with Crippen LogP contribution in [0.5, 0.6) is 0 Å². The molecule has 114 valence electrons. The lowest BCUT2D eigenvalue weighted by Crippen LogP contribution is -2.33. The van der Waals surface area contributed by atoms with Crippen LogP contribution >= 0.6 is 0 Å². The van der Waals surface area contributed by atoms with Crippen LogP contribution in [0.2, 0.25) is 0 Å². The SMILES string of the molecule is COC(=O)C(NC(=O)/C=C/c1ccc(C)o1)c1ccccc1. The van der Waals surface area contributed by atoms with Gasteiger partial charge in [0.05, 0.1) is 7.11 Å². The summed E-state index contributed by atoms with van der Waals surface area (Å²) in [5.41, 5.74) is 0.657. The lowest BCUT2D eigenvalue weighted by atomic mass is 10.1. The van der Waals surface area contributed by atoms with E-state index in [1.807, 2.05) is 13.0 Å². The molecule has 1 atom stereocenters. The third kappa shape index (κ3) is 4.09. The van der Waals surface area contributed by atoms with Crippen molar-refractivity contribution in [3.63, 3.8) is 0 Å². The molecule has 0 saturated heterocycles. The van der Waals surface area contributed by atoms with Crippen LogP contribution < -0.4 is 5.32 Å². The normalized spacial score (nSPS) is 12.1. The molecule has 0 spiro atoms. The van der Waals surface area contributed by atoms with Gasteiger partial charge in [0.25, 0.3) is 0 Å². The van der Waals surface area contributed by atoms with E-state index in [1.54, 1.807) is 42.5 Å². The lowest BCUT2D eigenvalue weighted by molar-refractivity contribution is -0.144. The lowest BCUT2D eigenvalue weighted by Gasteiger charge is -2.15. The molecule has 5 nitrogen and oxygen atoms in total. The molecule has 0 aliphatic carbocycles. The van der Waals surface area contributed by atoms with Crippen molar-refractivity contribution < 1.29 is 18.7 Å². The number of rotatable bonds is 5. The van der Waals surface area contributed by atoms with Crippen molar-refractivity contribution in [1.29, 1.82) is 0 Å². The fourth-order valence-corrected chi connectivity index (χ4v) is 1.93. The molecule has 1 N–H and O–H groups in total. The Kier molecular flexibility index (Phi) is 5.14. The van der Waals surface area contributed by atoms with Crippen molar-refractivity contribution >= 4 is 18.0 Å². The Hall–Kier alpha value is -2.82. The molecular weight excluding hydrogens is 282 g/mol. The number of furan rings is 1. The number of methoxy groups -OCH3 is 1. The molecule has 22 heavy (non-hydrogen) atoms. The van der Waals surface area contributed by atoms with Gasteiger partial charge in [-0.2, -0.15) is 0 Å². The second kappa shape index (κ2) is 7.26. The molecule has 0 aliphatic heterocycles. The van der Waals surface area contributed by atoms with Gasteiger partial charge in [0, 0.05) is 6.08 Å². The molecule has 0 aliphatic rings. The summed E-state index contributed by atoms with van der Waals surface area (Å²) < 4.78 is 10.1. The predicted octanol–water partition coefficient (Wildman–Crippen LogP) is 2.63. The number of nitrogens with one attached hydrogen (secondary N) is 1. The first-order valence-corrected chi connectivity index (χ1v) is 6.78. The predicted molar refractivity (Wildman–Crippen MR) is 81.8 cm³/mol. The highest BCUT2D eigenvalue weighted by molar-refractivity contribution is 5.94. The minimum absolute atomic E-state index is 0.409. The average Bonchev–Trinajstić information content (AvgIpc) is 2.96. The number of benzene rings is 1. The number of aryl methyl sites for hydroxylation is 1. The van der Waals surface area contributed by atoms with Crippen LogP contribution in [0.25, 0.3) is 6.08 Å². The molecule has 1 aromatic carbocycles. The first kappa shape index (κ1) is 15.6. The fourth-order valence-electron chi connectivity index (χ4n) is 1.93. The molecule has 1 heterocycles. The van der Waals surface area contributed by atoms with Crippen LogP contribution in [0.1, 0.15) is 23.1 Å². The molecule has 1 amide bonds. The molecule has 2 rings (SSSR count). The van der Waals surface area contributed by atoms with E-state index in [0.29, 0.717) is 11.3 Å². The zero-order valence-electron chi connectivity index (χ0n) is 12.4. The molecule has 0 radical (unpaired) electrons. The van der Waals surface area contributed by atoms with Crippen LogP contribution in [0.4, 0.5) is 0 Å². The fraction of sp³-hybridized carbons (Fsp3) is 0.176. The first-order valence-electron chi connectivity index (χ1n) is 6.78. The Balaban J connectivity index is 2.08. The third-order valence-electron chi connectivity index (χ3n) is 3.02. The molecule has 0 fully saturated rings. The molecule has 0 saturated carbocycles. The highest BCUT2D eigenvalue weighted by Crippen LogP contribution is 2.14. The number of esters is 1. The number of hydrogen-bond donors (Lipinski definition) is 1. The van der Waals surface area contributed by atoms with Crippen molar-refractivity contribution in [2.24, 2.45) is 0 Å². The second-order valence-electron chi connectivity index (χ2n) is 4.66. The topological polar surface area (TPSA) is 68.5 Å². The van der Waals surface area contributed by atoms with Crippen molar-refractivity contribution in [2.75, 3.05) is 7.11 Å². The summed E-state index contributed by atoms with van der Waals surface area (Å²) in [6.07, 6.45) is 2.86. The van der Waals surface area contributed by atoms with Crippen LogP contribution in [-0.4, -0.2) is 19.0 Å². The van der Waals surface area contributed by atoms with E-state index in [9.17, 15) is 9.59 Å². The maximum absolute atomic E-state index is 12.0. The summed E-state index contributed by atoms with van der Waals surface area (Å²) in [4.78, 5) is 23.8. The number of hydrogen-bond acceptors (Lipinski definition) is 4. The van der Waals surface area contributed by atoms with E-state index < -0.39 is 17.9 Å². The number of amides is 1. The smallest absolute Gasteiger partial charge is 0.333 e. The quantitative estimate of drug-likeness (QED) is 0.680. The molecule has 2 aromatic rings. The number of ether oxygens (including phenoxy) is 1. The highest BCUT2D eigenvalue weighted by Gasteiger charge is 2.22. The van der Waals surface area contributed by atoms with Gasteiger partial charge in [-0.1, -0.05) is 30.3 Å². The first-order chi connectivity index (χ1) is 10.6. The zero-order chi connectivity index (χ0) is 15.9. The van der Waals surface area contributed by atoms with Crippen molar-refractivity contribution in [2.45, 2.75) is 13.0 Å². The summed E-state index contributed by atoms with van der Waals surface area (Å²) in [5.74, 6) is 0.397. The highest BCUT2D eigenvalue weighted by atomic mass is 16.5. The van der Waals surface area contributed by atoms with E-state index in [2.05, 4.69) is 5.32 Å². The maximum atomic E-state index is 12.0. The number of carbonyl (C=O) groups excluding carboxylic acids is 2. The van der Waals surface area contributed by atoms with E-state index in [-0.39, 0.29) is 0 Å². The average molecular weight is 299 g/mol. The minimum atomic E-state index is -0.846. The minimum Gasteiger partial charge on any atom is -0.467 e. The van der Waals surface area contributed by atoms with Crippen LogP contribution in [0.15, 0.2) is 53.0 Å². The van der Waals surface area contributed by atoms with Crippen molar-refractivity contribution in [1.82, 2.24) is 5.32 Å². The summed E-state index contributed by atoms with van der Waals surface area (Å²) in [5, 5.41) is 2.62. The van der Waals surface area contributed by atoms with E-state index >= 15 is 0 Å². The Bertz CT molecular complexity index is 673. The Morgan fingerprint density at radius 1 is 1.18 bits per heavy atom. The van der Waals surface area contributed by atoms with Gasteiger partial charge in [-0.25, -0.2) is 4.79 Å². The molecule has 0 bridgehead atoms. The van der Waals surface area contributed by atoms with Gasteiger partial charge in [-0.15, -0.1) is 0 Å². The van der Waals surface area contributed by atoms with Crippen LogP contribution in [0, 0.1) is 6.92 Å². The van der Waals surface area contributed by atoms with Gasteiger partial charge in [-0.3, -0.25) is 4.79 Å². The second-order valence-corrected chi connectivity index (χ2v) is 4.66. The molecular formula is C17H17NO4. The van der Waals surface area contributed by atoms with Gasteiger partial charge in [0.2, 0.25) is 5.91 Å². The Morgan fingerprint density at radius 3 is 2.50 bits per heavy atom. The van der Waals surface area contributed by atoms with Crippen LogP contribution in [0.3, 0.4) is 0 Å². The molecule has 1 unspecified atom stereocenters. The monoisotopic (exact) mass is 299 g/mol. The van der Waals surface area contributed by atoms with Crippen LogP contribution in [-0.2, 0) is 14.3 Å².